The molecule has 0 aromatic carbocycles. The van der Waals surface area contributed by atoms with Gasteiger partial charge in [-0.2, -0.15) is 0 Å². The van der Waals surface area contributed by atoms with Gasteiger partial charge < -0.3 is 4.43 Å². The van der Waals surface area contributed by atoms with Gasteiger partial charge in [0.05, 0.1) is 0 Å². The lowest BCUT2D eigenvalue weighted by atomic mass is 10.3. The highest BCUT2D eigenvalue weighted by molar-refractivity contribution is 6.73. The summed E-state index contributed by atoms with van der Waals surface area (Å²) >= 11 is 0. The van der Waals surface area contributed by atoms with Crippen molar-refractivity contribution in [2.75, 3.05) is 13.2 Å². The minimum Gasteiger partial charge on any atom is -0.417 e. The van der Waals surface area contributed by atoms with E-state index in [0.29, 0.717) is 0 Å². The molecule has 0 unspecified atom stereocenters. The molecule has 0 aromatic heterocycles. The van der Waals surface area contributed by atoms with Gasteiger partial charge in [-0.1, -0.05) is 20.8 Å². The molecule has 0 aliphatic carbocycles. The third kappa shape index (κ3) is 5.80. The van der Waals surface area contributed by atoms with Crippen LogP contribution in [0.5, 0.6) is 0 Å². The molecule has 0 aliphatic heterocycles. The van der Waals surface area contributed by atoms with Crippen LogP contribution >= 0.6 is 0 Å². The van der Waals surface area contributed by atoms with Crippen LogP contribution in [0.4, 0.5) is 0 Å². The van der Waals surface area contributed by atoms with E-state index in [9.17, 15) is 0 Å². The summed E-state index contributed by atoms with van der Waals surface area (Å²) in [7, 11) is -1.39. The Hall–Kier alpha value is -0.153. The summed E-state index contributed by atoms with van der Waals surface area (Å²) < 4.78 is 6.05. The summed E-state index contributed by atoms with van der Waals surface area (Å²) in [5, 5.41) is 0. The van der Waals surface area contributed by atoms with Crippen LogP contribution in [-0.2, 0) is 4.43 Å². The van der Waals surface area contributed by atoms with E-state index in [0.717, 1.165) is 19.6 Å². The molecule has 0 radical (unpaired) electrons. The van der Waals surface area contributed by atoms with Crippen molar-refractivity contribution in [3.8, 4) is 0 Å². The fourth-order valence-corrected chi connectivity index (χ4v) is 5.14. The van der Waals surface area contributed by atoms with Crippen molar-refractivity contribution in [3.05, 3.63) is 0 Å². The van der Waals surface area contributed by atoms with Gasteiger partial charge in [0.1, 0.15) is 0 Å². The molecule has 0 aliphatic rings. The Labute approximate surface area is 103 Å². The van der Waals surface area contributed by atoms with E-state index in [1.165, 1.54) is 30.3 Å². The van der Waals surface area contributed by atoms with Crippen LogP contribution in [0.1, 0.15) is 47.5 Å². The van der Waals surface area contributed by atoms with Gasteiger partial charge in [-0.25, -0.2) is 0 Å². The summed E-state index contributed by atoms with van der Waals surface area (Å²) in [6.45, 7) is 12.8. The highest BCUT2D eigenvalue weighted by Crippen LogP contribution is 2.23. The van der Waals surface area contributed by atoms with E-state index < -0.39 is 8.32 Å². The van der Waals surface area contributed by atoms with Crippen molar-refractivity contribution in [2.45, 2.75) is 65.6 Å². The first-order chi connectivity index (χ1) is 7.64. The second-order valence-electron chi connectivity index (χ2n) is 4.40. The van der Waals surface area contributed by atoms with Crippen LogP contribution in [0, 0.1) is 0 Å². The van der Waals surface area contributed by atoms with E-state index >= 15 is 0 Å². The van der Waals surface area contributed by atoms with Gasteiger partial charge in [0.15, 0.2) is 8.32 Å². The molecule has 0 fully saturated rings. The summed E-state index contributed by atoms with van der Waals surface area (Å²) in [6, 6.07) is 3.76. The third-order valence-corrected chi connectivity index (χ3v) is 8.17. The predicted octanol–water partition coefficient (Wildman–Crippen LogP) is 4.27. The monoisotopic (exact) mass is 243 g/mol. The zero-order valence-corrected chi connectivity index (χ0v) is 12.8. The van der Waals surface area contributed by atoms with E-state index in [1.807, 2.05) is 0 Å². The lowest BCUT2D eigenvalue weighted by Crippen LogP contribution is -2.36. The fraction of sp³-hybridized carbons (Fsp3) is 0.923. The molecule has 2 nitrogen and oxygen atoms in total. The number of nitrogens with zero attached hydrogens (tertiary/aromatic N) is 1. The SMILES string of the molecule is CCO[Si](CC)(CC)CCC/N=C(/C)CC. The second kappa shape index (κ2) is 8.94. The van der Waals surface area contributed by atoms with E-state index in [1.54, 1.807) is 0 Å². The van der Waals surface area contributed by atoms with Gasteiger partial charge in [0.25, 0.3) is 0 Å². The molecule has 0 spiro atoms. The first-order valence-corrected chi connectivity index (χ1v) is 9.30. The van der Waals surface area contributed by atoms with Crippen molar-refractivity contribution in [2.24, 2.45) is 4.99 Å². The van der Waals surface area contributed by atoms with Crippen molar-refractivity contribution in [3.63, 3.8) is 0 Å². The summed E-state index contributed by atoms with van der Waals surface area (Å²) in [4.78, 5) is 4.56. The molecular weight excluding hydrogens is 214 g/mol. The number of hydrogen-bond donors (Lipinski definition) is 0. The first-order valence-electron chi connectivity index (χ1n) is 6.78. The summed E-state index contributed by atoms with van der Waals surface area (Å²) in [5.74, 6) is 0. The Morgan fingerprint density at radius 1 is 1.12 bits per heavy atom. The zero-order chi connectivity index (χ0) is 12.4. The Morgan fingerprint density at radius 2 is 1.75 bits per heavy atom. The van der Waals surface area contributed by atoms with Gasteiger partial charge in [0.2, 0.25) is 0 Å². The summed E-state index contributed by atoms with van der Waals surface area (Å²) in [5.41, 5.74) is 1.27. The molecule has 0 atom stereocenters. The molecule has 0 N–H and O–H groups in total. The van der Waals surface area contributed by atoms with Crippen LogP contribution in [0.25, 0.3) is 0 Å². The topological polar surface area (TPSA) is 21.6 Å². The van der Waals surface area contributed by atoms with Gasteiger partial charge >= 0.3 is 0 Å². The fourth-order valence-electron chi connectivity index (χ4n) is 1.97. The Bertz CT molecular complexity index is 200. The van der Waals surface area contributed by atoms with Crippen molar-refractivity contribution < 1.29 is 4.43 Å². The molecule has 0 saturated heterocycles. The van der Waals surface area contributed by atoms with Crippen LogP contribution in [-0.4, -0.2) is 27.2 Å². The number of rotatable bonds is 9. The molecule has 0 heterocycles. The predicted molar refractivity (Wildman–Crippen MR) is 76.0 cm³/mol. The van der Waals surface area contributed by atoms with Gasteiger partial charge in [-0.05, 0) is 44.8 Å². The van der Waals surface area contributed by atoms with Crippen LogP contribution < -0.4 is 0 Å². The molecule has 16 heavy (non-hydrogen) atoms. The largest absolute Gasteiger partial charge is 0.417 e. The van der Waals surface area contributed by atoms with Crippen molar-refractivity contribution in [1.29, 1.82) is 0 Å². The van der Waals surface area contributed by atoms with E-state index in [2.05, 4.69) is 39.6 Å². The molecular formula is C13H29NOSi. The molecule has 3 heteroatoms. The number of hydrogen-bond acceptors (Lipinski definition) is 2. The molecule has 0 aromatic rings. The highest BCUT2D eigenvalue weighted by Gasteiger charge is 2.29. The van der Waals surface area contributed by atoms with E-state index in [4.69, 9.17) is 4.43 Å². The maximum absolute atomic E-state index is 6.05. The van der Waals surface area contributed by atoms with Crippen LogP contribution in [0.15, 0.2) is 4.99 Å². The Kier molecular flexibility index (Phi) is 8.85. The lowest BCUT2D eigenvalue weighted by molar-refractivity contribution is 0.319. The Balaban J connectivity index is 4.02. The second-order valence-corrected chi connectivity index (χ2v) is 8.97. The molecule has 96 valence electrons. The normalized spacial score (nSPS) is 13.2. The van der Waals surface area contributed by atoms with Crippen molar-refractivity contribution >= 4 is 14.0 Å². The van der Waals surface area contributed by atoms with Crippen molar-refractivity contribution in [1.82, 2.24) is 0 Å². The first kappa shape index (κ1) is 15.8. The number of aliphatic imine (C=N–C) groups is 1. The van der Waals surface area contributed by atoms with Gasteiger partial charge in [-0.3, -0.25) is 4.99 Å². The minimum atomic E-state index is -1.39. The highest BCUT2D eigenvalue weighted by atomic mass is 28.4. The summed E-state index contributed by atoms with van der Waals surface area (Å²) in [6.07, 6.45) is 2.28. The molecule has 0 bridgehead atoms. The van der Waals surface area contributed by atoms with Crippen LogP contribution in [0.2, 0.25) is 18.1 Å². The standard InChI is InChI=1S/C13H29NOSi/c1-6-13(5)14-11-10-12-16(8-3,9-4)15-7-2/h6-12H2,1-5H3/b14-13-. The Morgan fingerprint density at radius 3 is 2.19 bits per heavy atom. The van der Waals surface area contributed by atoms with Gasteiger partial charge in [-0.15, -0.1) is 0 Å². The maximum atomic E-state index is 6.05. The molecule has 0 amide bonds. The average Bonchev–Trinajstić information content (AvgIpc) is 2.32. The zero-order valence-electron chi connectivity index (χ0n) is 11.8. The molecule has 0 saturated carbocycles. The van der Waals surface area contributed by atoms with E-state index in [-0.39, 0.29) is 0 Å². The minimum absolute atomic E-state index is 0.880. The lowest BCUT2D eigenvalue weighted by Gasteiger charge is -2.28. The third-order valence-electron chi connectivity index (χ3n) is 3.42. The average molecular weight is 243 g/mol. The van der Waals surface area contributed by atoms with Gasteiger partial charge in [0, 0.05) is 18.9 Å². The maximum Gasteiger partial charge on any atom is 0.192 e. The molecule has 0 rings (SSSR count). The quantitative estimate of drug-likeness (QED) is 0.337. The smallest absolute Gasteiger partial charge is 0.192 e. The van der Waals surface area contributed by atoms with Crippen LogP contribution in [0.3, 0.4) is 0 Å².